The lowest BCUT2D eigenvalue weighted by Crippen LogP contribution is -1.97. The summed E-state index contributed by atoms with van der Waals surface area (Å²) >= 11 is 1.64. The molecule has 0 radical (unpaired) electrons. The van der Waals surface area contributed by atoms with Gasteiger partial charge in [-0.25, -0.2) is 9.97 Å². The normalized spacial score (nSPS) is 9.87. The Bertz CT molecular complexity index is 497. The average Bonchev–Trinajstić information content (AvgIpc) is 2.70. The second kappa shape index (κ2) is 4.20. The standard InChI is InChI=1S/C11H9N3S/c1-8-7-9(10-3-2-6-15-10)14-11(13-8)4-5-12/h2-3,6-7H,4H2,1H3. The highest BCUT2D eigenvalue weighted by atomic mass is 32.1. The molecule has 74 valence electrons. The SMILES string of the molecule is Cc1cc(-c2cccs2)nc(CC#N)n1. The molecule has 2 aromatic rings. The zero-order valence-corrected chi connectivity index (χ0v) is 9.08. The molecule has 2 rings (SSSR count). The van der Waals surface area contributed by atoms with Crippen molar-refractivity contribution in [2.75, 3.05) is 0 Å². The van der Waals surface area contributed by atoms with Gasteiger partial charge in [-0.2, -0.15) is 5.26 Å². The van der Waals surface area contributed by atoms with Crippen molar-refractivity contribution >= 4 is 11.3 Å². The fraction of sp³-hybridized carbons (Fsp3) is 0.182. The molecule has 0 atom stereocenters. The van der Waals surface area contributed by atoms with Crippen LogP contribution >= 0.6 is 11.3 Å². The van der Waals surface area contributed by atoms with Crippen molar-refractivity contribution in [1.29, 1.82) is 5.26 Å². The highest BCUT2D eigenvalue weighted by Crippen LogP contribution is 2.22. The first kappa shape index (κ1) is 9.81. The second-order valence-corrected chi connectivity index (χ2v) is 4.07. The van der Waals surface area contributed by atoms with Crippen LogP contribution in [-0.4, -0.2) is 9.97 Å². The highest BCUT2D eigenvalue weighted by molar-refractivity contribution is 7.13. The van der Waals surface area contributed by atoms with Gasteiger partial charge in [0.25, 0.3) is 0 Å². The maximum atomic E-state index is 8.60. The number of hydrogen-bond donors (Lipinski definition) is 0. The van der Waals surface area contributed by atoms with E-state index in [4.69, 9.17) is 5.26 Å². The van der Waals surface area contributed by atoms with Crippen molar-refractivity contribution in [2.45, 2.75) is 13.3 Å². The first-order chi connectivity index (χ1) is 7.29. The first-order valence-corrected chi connectivity index (χ1v) is 5.43. The quantitative estimate of drug-likeness (QED) is 0.773. The van der Waals surface area contributed by atoms with E-state index in [1.807, 2.05) is 30.5 Å². The molecule has 15 heavy (non-hydrogen) atoms. The molecule has 0 aromatic carbocycles. The predicted octanol–water partition coefficient (Wildman–Crippen LogP) is 2.58. The summed E-state index contributed by atoms with van der Waals surface area (Å²) in [6.07, 6.45) is 0.264. The van der Waals surface area contributed by atoms with Crippen molar-refractivity contribution in [3.63, 3.8) is 0 Å². The molecule has 0 aliphatic heterocycles. The maximum absolute atomic E-state index is 8.60. The highest BCUT2D eigenvalue weighted by Gasteiger charge is 2.04. The Morgan fingerprint density at radius 3 is 3.00 bits per heavy atom. The summed E-state index contributed by atoms with van der Waals surface area (Å²) in [5.74, 6) is 0.598. The van der Waals surface area contributed by atoms with Crippen LogP contribution in [0.1, 0.15) is 11.5 Å². The Hall–Kier alpha value is -1.73. The van der Waals surface area contributed by atoms with Crippen molar-refractivity contribution < 1.29 is 0 Å². The van der Waals surface area contributed by atoms with Gasteiger partial charge in [0.15, 0.2) is 0 Å². The van der Waals surface area contributed by atoms with E-state index in [-0.39, 0.29) is 6.42 Å². The molecule has 3 nitrogen and oxygen atoms in total. The minimum Gasteiger partial charge on any atom is -0.237 e. The lowest BCUT2D eigenvalue weighted by molar-refractivity contribution is 0.970. The third-order valence-corrected chi connectivity index (χ3v) is 2.80. The number of thiophene rings is 1. The second-order valence-electron chi connectivity index (χ2n) is 3.12. The van der Waals surface area contributed by atoms with Gasteiger partial charge in [0.1, 0.15) is 5.82 Å². The van der Waals surface area contributed by atoms with E-state index in [0.717, 1.165) is 16.3 Å². The van der Waals surface area contributed by atoms with E-state index in [1.54, 1.807) is 11.3 Å². The van der Waals surface area contributed by atoms with E-state index >= 15 is 0 Å². The monoisotopic (exact) mass is 215 g/mol. The molecule has 0 aliphatic carbocycles. The van der Waals surface area contributed by atoms with E-state index in [2.05, 4.69) is 16.0 Å². The van der Waals surface area contributed by atoms with Crippen LogP contribution in [0.4, 0.5) is 0 Å². The number of nitrogens with zero attached hydrogens (tertiary/aromatic N) is 3. The van der Waals surface area contributed by atoms with Crippen LogP contribution in [0.5, 0.6) is 0 Å². The number of hydrogen-bond acceptors (Lipinski definition) is 4. The van der Waals surface area contributed by atoms with Crippen LogP contribution in [0.15, 0.2) is 23.6 Å². The van der Waals surface area contributed by atoms with E-state index in [1.165, 1.54) is 0 Å². The summed E-state index contributed by atoms with van der Waals surface area (Å²) < 4.78 is 0. The molecular formula is C11H9N3S. The molecule has 0 amide bonds. The van der Waals surface area contributed by atoms with Gasteiger partial charge in [-0.3, -0.25) is 0 Å². The van der Waals surface area contributed by atoms with Gasteiger partial charge in [0.2, 0.25) is 0 Å². The number of nitriles is 1. The first-order valence-electron chi connectivity index (χ1n) is 4.55. The van der Waals surface area contributed by atoms with Crippen LogP contribution in [-0.2, 0) is 6.42 Å². The third kappa shape index (κ3) is 2.20. The van der Waals surface area contributed by atoms with Gasteiger partial charge < -0.3 is 0 Å². The Kier molecular flexibility index (Phi) is 2.75. The zero-order chi connectivity index (χ0) is 10.7. The molecule has 2 heterocycles. The summed E-state index contributed by atoms with van der Waals surface area (Å²) in [7, 11) is 0. The molecular weight excluding hydrogens is 206 g/mol. The maximum Gasteiger partial charge on any atom is 0.143 e. The largest absolute Gasteiger partial charge is 0.237 e. The van der Waals surface area contributed by atoms with Gasteiger partial charge in [-0.05, 0) is 24.4 Å². The molecule has 0 bridgehead atoms. The lowest BCUT2D eigenvalue weighted by Gasteiger charge is -2.01. The van der Waals surface area contributed by atoms with Crippen LogP contribution in [0.25, 0.3) is 10.6 Å². The van der Waals surface area contributed by atoms with Crippen molar-refractivity contribution in [1.82, 2.24) is 9.97 Å². The molecule has 0 spiro atoms. The van der Waals surface area contributed by atoms with E-state index < -0.39 is 0 Å². The van der Waals surface area contributed by atoms with Crippen LogP contribution in [0.2, 0.25) is 0 Å². The molecule has 0 aliphatic rings. The van der Waals surface area contributed by atoms with Gasteiger partial charge in [-0.15, -0.1) is 11.3 Å². The topological polar surface area (TPSA) is 49.6 Å². The van der Waals surface area contributed by atoms with Crippen molar-refractivity contribution in [3.8, 4) is 16.6 Å². The zero-order valence-electron chi connectivity index (χ0n) is 8.27. The molecule has 0 saturated heterocycles. The number of rotatable bonds is 2. The Labute approximate surface area is 92.1 Å². The Morgan fingerprint density at radius 2 is 2.33 bits per heavy atom. The van der Waals surface area contributed by atoms with Crippen molar-refractivity contribution in [2.24, 2.45) is 0 Å². The smallest absolute Gasteiger partial charge is 0.143 e. The summed E-state index contributed by atoms with van der Waals surface area (Å²) in [5, 5.41) is 10.6. The average molecular weight is 215 g/mol. The number of aryl methyl sites for hydroxylation is 1. The van der Waals surface area contributed by atoms with Gasteiger partial charge in [0, 0.05) is 5.69 Å². The van der Waals surface area contributed by atoms with Gasteiger partial charge in [-0.1, -0.05) is 6.07 Å². The fourth-order valence-corrected chi connectivity index (χ4v) is 2.02. The van der Waals surface area contributed by atoms with Crippen LogP contribution < -0.4 is 0 Å². The molecule has 0 N–H and O–H groups in total. The Balaban J connectivity index is 2.45. The summed E-state index contributed by atoms with van der Waals surface area (Å²) in [6.45, 7) is 1.92. The fourth-order valence-electron chi connectivity index (χ4n) is 1.33. The number of aromatic nitrogens is 2. The lowest BCUT2D eigenvalue weighted by atomic mass is 10.3. The van der Waals surface area contributed by atoms with Gasteiger partial charge in [0.05, 0.1) is 23.1 Å². The summed E-state index contributed by atoms with van der Waals surface area (Å²) in [5.41, 5.74) is 1.81. The van der Waals surface area contributed by atoms with E-state index in [9.17, 15) is 0 Å². The van der Waals surface area contributed by atoms with E-state index in [0.29, 0.717) is 5.82 Å². The summed E-state index contributed by atoms with van der Waals surface area (Å²) in [6, 6.07) is 8.00. The molecule has 0 saturated carbocycles. The molecule has 0 fully saturated rings. The Morgan fingerprint density at radius 1 is 1.47 bits per heavy atom. The predicted molar refractivity (Wildman–Crippen MR) is 59.4 cm³/mol. The molecule has 0 unspecified atom stereocenters. The van der Waals surface area contributed by atoms with Crippen LogP contribution in [0.3, 0.4) is 0 Å². The third-order valence-electron chi connectivity index (χ3n) is 1.91. The molecule has 4 heteroatoms. The van der Waals surface area contributed by atoms with Crippen LogP contribution in [0, 0.1) is 18.3 Å². The van der Waals surface area contributed by atoms with Gasteiger partial charge >= 0.3 is 0 Å². The minimum atomic E-state index is 0.264. The molecule has 2 aromatic heterocycles. The van der Waals surface area contributed by atoms with Crippen molar-refractivity contribution in [3.05, 3.63) is 35.1 Å². The summed E-state index contributed by atoms with van der Waals surface area (Å²) in [4.78, 5) is 9.66. The minimum absolute atomic E-state index is 0.264.